The van der Waals surface area contributed by atoms with Gasteiger partial charge >= 0.3 is 0 Å². The molecule has 1 aromatic carbocycles. The molecule has 4 heteroatoms. The summed E-state index contributed by atoms with van der Waals surface area (Å²) in [7, 11) is 0. The SMILES string of the molecule is CCCCCCC[C@]1([C@H]2CCCC[C@H]2NC(=O)c2ccccn2)C(=O)C=Cc2ccccc21. The topological polar surface area (TPSA) is 59.1 Å². The number of benzene rings is 1. The van der Waals surface area contributed by atoms with E-state index in [1.807, 2.05) is 24.3 Å². The molecule has 1 amide bonds. The summed E-state index contributed by atoms with van der Waals surface area (Å²) >= 11 is 0. The molecule has 0 bridgehead atoms. The highest BCUT2D eigenvalue weighted by Crippen LogP contribution is 2.48. The fourth-order valence-corrected chi connectivity index (χ4v) is 5.96. The minimum absolute atomic E-state index is 0.0348. The fraction of sp³-hybridized carbons (Fsp3) is 0.483. The number of amides is 1. The molecule has 33 heavy (non-hydrogen) atoms. The van der Waals surface area contributed by atoms with Crippen LogP contribution in [0.4, 0.5) is 0 Å². The smallest absolute Gasteiger partial charge is 0.270 e. The van der Waals surface area contributed by atoms with Crippen molar-refractivity contribution in [2.24, 2.45) is 5.92 Å². The Morgan fingerprint density at radius 3 is 2.61 bits per heavy atom. The Hall–Kier alpha value is -2.75. The van der Waals surface area contributed by atoms with Crippen molar-refractivity contribution in [1.29, 1.82) is 0 Å². The second kappa shape index (κ2) is 10.9. The predicted octanol–water partition coefficient (Wildman–Crippen LogP) is 6.26. The molecule has 4 nitrogen and oxygen atoms in total. The summed E-state index contributed by atoms with van der Waals surface area (Å²) in [6.45, 7) is 2.23. The summed E-state index contributed by atoms with van der Waals surface area (Å²) in [5.41, 5.74) is 2.16. The number of fused-ring (bicyclic) bond motifs is 1. The molecular formula is C29H36N2O2. The van der Waals surface area contributed by atoms with Gasteiger partial charge < -0.3 is 5.32 Å². The number of pyridine rings is 1. The van der Waals surface area contributed by atoms with Crippen LogP contribution < -0.4 is 5.32 Å². The van der Waals surface area contributed by atoms with Gasteiger partial charge in [0.25, 0.3) is 5.91 Å². The lowest BCUT2D eigenvalue weighted by atomic mass is 9.57. The van der Waals surface area contributed by atoms with Crippen molar-refractivity contribution in [1.82, 2.24) is 10.3 Å². The number of nitrogens with one attached hydrogen (secondary N) is 1. The molecule has 0 radical (unpaired) electrons. The van der Waals surface area contributed by atoms with Crippen LogP contribution in [0.5, 0.6) is 0 Å². The number of aromatic nitrogens is 1. The number of nitrogens with zero attached hydrogens (tertiary/aromatic N) is 1. The van der Waals surface area contributed by atoms with Gasteiger partial charge in [0, 0.05) is 12.2 Å². The van der Waals surface area contributed by atoms with Crippen LogP contribution in [0.2, 0.25) is 0 Å². The quantitative estimate of drug-likeness (QED) is 0.464. The Balaban J connectivity index is 1.67. The zero-order chi connectivity index (χ0) is 23.1. The van der Waals surface area contributed by atoms with Crippen LogP contribution in [-0.2, 0) is 10.2 Å². The maximum absolute atomic E-state index is 13.8. The first-order valence-corrected chi connectivity index (χ1v) is 12.7. The Kier molecular flexibility index (Phi) is 7.74. The van der Waals surface area contributed by atoms with E-state index < -0.39 is 5.41 Å². The van der Waals surface area contributed by atoms with Crippen molar-refractivity contribution in [2.75, 3.05) is 0 Å². The molecule has 2 aliphatic carbocycles. The number of unbranched alkanes of at least 4 members (excludes halogenated alkanes) is 4. The van der Waals surface area contributed by atoms with Crippen LogP contribution in [0.3, 0.4) is 0 Å². The number of hydrogen-bond donors (Lipinski definition) is 1. The lowest BCUT2D eigenvalue weighted by Gasteiger charge is -2.47. The lowest BCUT2D eigenvalue weighted by molar-refractivity contribution is -0.123. The highest BCUT2D eigenvalue weighted by Gasteiger charge is 2.51. The van der Waals surface area contributed by atoms with Crippen LogP contribution >= 0.6 is 0 Å². The van der Waals surface area contributed by atoms with Crippen molar-refractivity contribution in [3.63, 3.8) is 0 Å². The average Bonchev–Trinajstić information content (AvgIpc) is 2.86. The van der Waals surface area contributed by atoms with E-state index in [0.717, 1.165) is 56.1 Å². The van der Waals surface area contributed by atoms with E-state index >= 15 is 0 Å². The van der Waals surface area contributed by atoms with Gasteiger partial charge in [0.05, 0.1) is 5.41 Å². The molecule has 4 rings (SSSR count). The minimum atomic E-state index is -0.569. The van der Waals surface area contributed by atoms with Crippen LogP contribution in [-0.4, -0.2) is 22.7 Å². The van der Waals surface area contributed by atoms with E-state index in [0.29, 0.717) is 5.69 Å². The van der Waals surface area contributed by atoms with E-state index in [1.165, 1.54) is 19.3 Å². The van der Waals surface area contributed by atoms with Gasteiger partial charge in [-0.05, 0) is 54.5 Å². The normalized spacial score (nSPS) is 24.3. The lowest BCUT2D eigenvalue weighted by Crippen LogP contribution is -2.55. The van der Waals surface area contributed by atoms with E-state index in [2.05, 4.69) is 35.4 Å². The molecule has 1 fully saturated rings. The third-order valence-electron chi connectivity index (χ3n) is 7.58. The molecule has 0 unspecified atom stereocenters. The van der Waals surface area contributed by atoms with Gasteiger partial charge in [-0.3, -0.25) is 14.6 Å². The summed E-state index contributed by atoms with van der Waals surface area (Å²) < 4.78 is 0. The number of rotatable bonds is 9. The molecule has 0 spiro atoms. The molecular weight excluding hydrogens is 408 g/mol. The summed E-state index contributed by atoms with van der Waals surface area (Å²) in [5.74, 6) is 0.155. The van der Waals surface area contributed by atoms with Crippen molar-refractivity contribution in [3.8, 4) is 0 Å². The Bertz CT molecular complexity index is 984. The van der Waals surface area contributed by atoms with E-state index in [4.69, 9.17) is 0 Å². The maximum Gasteiger partial charge on any atom is 0.270 e. The first kappa shape index (κ1) is 23.4. The first-order chi connectivity index (χ1) is 16.2. The van der Waals surface area contributed by atoms with Crippen LogP contribution in [0.25, 0.3) is 6.08 Å². The minimum Gasteiger partial charge on any atom is -0.348 e. The monoisotopic (exact) mass is 444 g/mol. The molecule has 3 atom stereocenters. The van der Waals surface area contributed by atoms with Crippen LogP contribution in [0, 0.1) is 5.92 Å². The van der Waals surface area contributed by atoms with E-state index in [1.54, 1.807) is 18.3 Å². The van der Waals surface area contributed by atoms with E-state index in [-0.39, 0.29) is 23.7 Å². The zero-order valence-corrected chi connectivity index (χ0v) is 19.8. The molecule has 2 aliphatic rings. The Morgan fingerprint density at radius 1 is 1.00 bits per heavy atom. The van der Waals surface area contributed by atoms with Gasteiger partial charge in [0.2, 0.25) is 0 Å². The van der Waals surface area contributed by atoms with Crippen LogP contribution in [0.15, 0.2) is 54.7 Å². The fourth-order valence-electron chi connectivity index (χ4n) is 5.96. The molecule has 0 saturated heterocycles. The van der Waals surface area contributed by atoms with Crippen molar-refractivity contribution >= 4 is 17.8 Å². The summed E-state index contributed by atoms with van der Waals surface area (Å²) in [6, 6.07) is 13.7. The molecule has 1 saturated carbocycles. The third-order valence-corrected chi connectivity index (χ3v) is 7.58. The maximum atomic E-state index is 13.8. The highest BCUT2D eigenvalue weighted by molar-refractivity contribution is 6.05. The molecule has 174 valence electrons. The van der Waals surface area contributed by atoms with Crippen LogP contribution in [0.1, 0.15) is 92.7 Å². The van der Waals surface area contributed by atoms with Gasteiger partial charge in [0.1, 0.15) is 5.69 Å². The summed E-state index contributed by atoms with van der Waals surface area (Å²) in [6.07, 6.45) is 16.1. The van der Waals surface area contributed by atoms with Crippen molar-refractivity contribution in [3.05, 3.63) is 71.6 Å². The zero-order valence-electron chi connectivity index (χ0n) is 19.8. The van der Waals surface area contributed by atoms with Gasteiger partial charge in [-0.25, -0.2) is 0 Å². The van der Waals surface area contributed by atoms with Gasteiger partial charge in [0.15, 0.2) is 5.78 Å². The van der Waals surface area contributed by atoms with Gasteiger partial charge in [-0.2, -0.15) is 0 Å². The Labute approximate surface area is 197 Å². The second-order valence-corrected chi connectivity index (χ2v) is 9.61. The standard InChI is InChI=1S/C29H36N2O2/c1-2-3-4-5-11-20-29(23-14-7-6-13-22(23)18-19-27(29)32)24-15-8-9-16-25(24)31-28(33)26-17-10-12-21-30-26/h6-7,10,12-14,17-19,21,24-25H,2-5,8-9,11,15-16,20H2,1H3,(H,31,33)/t24-,25+,29-/m0/s1. The Morgan fingerprint density at radius 2 is 1.79 bits per heavy atom. The average molecular weight is 445 g/mol. The number of carbonyl (C=O) groups is 2. The molecule has 2 aromatic rings. The molecule has 0 aliphatic heterocycles. The third kappa shape index (κ3) is 4.95. The molecule has 1 heterocycles. The first-order valence-electron chi connectivity index (χ1n) is 12.7. The van der Waals surface area contributed by atoms with Gasteiger partial charge in [-0.1, -0.05) is 88.3 Å². The molecule has 1 N–H and O–H groups in total. The number of ketones is 1. The van der Waals surface area contributed by atoms with Crippen molar-refractivity contribution in [2.45, 2.75) is 82.6 Å². The molecule has 1 aromatic heterocycles. The summed E-state index contributed by atoms with van der Waals surface area (Å²) in [5, 5.41) is 3.29. The van der Waals surface area contributed by atoms with Gasteiger partial charge in [-0.15, -0.1) is 0 Å². The number of allylic oxidation sites excluding steroid dienone is 1. The van der Waals surface area contributed by atoms with Crippen molar-refractivity contribution < 1.29 is 9.59 Å². The summed E-state index contributed by atoms with van der Waals surface area (Å²) in [4.78, 5) is 31.1. The largest absolute Gasteiger partial charge is 0.348 e. The predicted molar refractivity (Wildman–Crippen MR) is 133 cm³/mol. The van der Waals surface area contributed by atoms with E-state index in [9.17, 15) is 9.59 Å². The number of hydrogen-bond acceptors (Lipinski definition) is 3. The number of carbonyl (C=O) groups excluding carboxylic acids is 2. The second-order valence-electron chi connectivity index (χ2n) is 9.61. The highest BCUT2D eigenvalue weighted by atomic mass is 16.2.